The molecule has 1 saturated heterocycles. The summed E-state index contributed by atoms with van der Waals surface area (Å²) in [5.74, 6) is 0.617. The molecule has 0 unspecified atom stereocenters. The van der Waals surface area contributed by atoms with Crippen molar-refractivity contribution >= 4 is 16.7 Å². The molecule has 0 atom stereocenters. The first-order valence-electron chi connectivity index (χ1n) is 10.7. The number of nitrogens with one attached hydrogen (secondary N) is 2. The number of hydrogen-bond acceptors (Lipinski definition) is 7. The third-order valence-corrected chi connectivity index (χ3v) is 5.98. The molecule has 2 N–H and O–H groups in total. The molecule has 0 amide bonds. The molecule has 0 radical (unpaired) electrons. The normalized spacial score (nSPS) is 15.2. The summed E-state index contributed by atoms with van der Waals surface area (Å²) in [7, 11) is 0. The maximum atomic E-state index is 13.2. The van der Waals surface area contributed by atoms with Gasteiger partial charge >= 0.3 is 6.18 Å². The van der Waals surface area contributed by atoms with Crippen LogP contribution < -0.4 is 10.5 Å². The molecular weight excluding hydrogens is 449 g/mol. The van der Waals surface area contributed by atoms with Gasteiger partial charge in [-0.2, -0.15) is 13.2 Å². The van der Waals surface area contributed by atoms with Gasteiger partial charge in [0.05, 0.1) is 22.9 Å². The van der Waals surface area contributed by atoms with Gasteiger partial charge in [-0.1, -0.05) is 0 Å². The highest BCUT2D eigenvalue weighted by Gasteiger charge is 2.36. The zero-order chi connectivity index (χ0) is 23.9. The Kier molecular flexibility index (Phi) is 5.52. The minimum absolute atomic E-state index is 0.154. The van der Waals surface area contributed by atoms with Crippen molar-refractivity contribution in [3.05, 3.63) is 64.0 Å². The molecule has 0 aromatic carbocycles. The third-order valence-electron chi connectivity index (χ3n) is 5.98. The highest BCUT2D eigenvalue weighted by atomic mass is 19.4. The van der Waals surface area contributed by atoms with E-state index in [4.69, 9.17) is 0 Å². The van der Waals surface area contributed by atoms with Crippen molar-refractivity contribution in [2.45, 2.75) is 19.6 Å². The number of H-pyrrole nitrogens is 2. The van der Waals surface area contributed by atoms with E-state index >= 15 is 0 Å². The second-order valence-electron chi connectivity index (χ2n) is 8.19. The number of pyridine rings is 3. The second kappa shape index (κ2) is 8.52. The zero-order valence-electron chi connectivity index (χ0n) is 18.2. The van der Waals surface area contributed by atoms with Gasteiger partial charge < -0.3 is 14.9 Å². The largest absolute Gasteiger partial charge is 0.422 e. The van der Waals surface area contributed by atoms with Crippen molar-refractivity contribution in [1.29, 1.82) is 0 Å². The number of nitrogens with zero attached hydrogens (tertiary/aromatic N) is 6. The second-order valence-corrected chi connectivity index (χ2v) is 8.19. The van der Waals surface area contributed by atoms with Crippen LogP contribution in [-0.2, 0) is 12.7 Å². The first-order chi connectivity index (χ1) is 16.3. The van der Waals surface area contributed by atoms with Crippen LogP contribution in [-0.4, -0.2) is 61.2 Å². The molecule has 0 spiro atoms. The summed E-state index contributed by atoms with van der Waals surface area (Å²) in [5.41, 5.74) is 0.533. The Morgan fingerprint density at radius 2 is 1.88 bits per heavy atom. The van der Waals surface area contributed by atoms with Gasteiger partial charge in [0.25, 0.3) is 5.56 Å². The van der Waals surface area contributed by atoms with Gasteiger partial charge in [0, 0.05) is 38.9 Å². The fourth-order valence-electron chi connectivity index (χ4n) is 4.27. The fourth-order valence-corrected chi connectivity index (χ4v) is 4.27. The van der Waals surface area contributed by atoms with Crippen LogP contribution in [0.1, 0.15) is 16.7 Å². The van der Waals surface area contributed by atoms with E-state index < -0.39 is 17.3 Å². The van der Waals surface area contributed by atoms with Gasteiger partial charge in [-0.3, -0.25) is 19.7 Å². The SMILES string of the molecule is Cc1c(C(F)(F)F)c(=O)[nH]c2cc(CN3CCN(c4ccc(-c5nnc[nH]5)nc4)CC3)cnc12. The van der Waals surface area contributed by atoms with Gasteiger partial charge in [0.15, 0.2) is 5.82 Å². The Labute approximate surface area is 191 Å². The molecule has 1 aliphatic rings. The van der Waals surface area contributed by atoms with E-state index in [1.54, 1.807) is 12.3 Å². The van der Waals surface area contributed by atoms with Gasteiger partial charge in [-0.05, 0) is 36.2 Å². The summed E-state index contributed by atoms with van der Waals surface area (Å²) < 4.78 is 39.6. The number of aromatic amines is 2. The molecular formula is C22H21F3N8O. The van der Waals surface area contributed by atoms with E-state index in [0.717, 1.165) is 43.1 Å². The number of piperazine rings is 1. The number of anilines is 1. The molecule has 0 aliphatic carbocycles. The lowest BCUT2D eigenvalue weighted by atomic mass is 10.1. The first-order valence-corrected chi connectivity index (χ1v) is 10.7. The van der Waals surface area contributed by atoms with Gasteiger partial charge in [0.2, 0.25) is 0 Å². The number of fused-ring (bicyclic) bond motifs is 1. The van der Waals surface area contributed by atoms with Crippen LogP contribution in [0.2, 0.25) is 0 Å². The monoisotopic (exact) mass is 470 g/mol. The number of aryl methyl sites for hydroxylation is 1. The summed E-state index contributed by atoms with van der Waals surface area (Å²) >= 11 is 0. The average Bonchev–Trinajstić information content (AvgIpc) is 3.34. The van der Waals surface area contributed by atoms with Crippen molar-refractivity contribution < 1.29 is 13.2 Å². The summed E-state index contributed by atoms with van der Waals surface area (Å²) in [6, 6.07) is 5.60. The molecule has 176 valence electrons. The van der Waals surface area contributed by atoms with Crippen molar-refractivity contribution in [2.75, 3.05) is 31.1 Å². The molecule has 34 heavy (non-hydrogen) atoms. The molecule has 0 saturated carbocycles. The number of hydrogen-bond donors (Lipinski definition) is 2. The molecule has 5 heterocycles. The fraction of sp³-hybridized carbons (Fsp3) is 0.318. The molecule has 0 bridgehead atoms. The summed E-state index contributed by atoms with van der Waals surface area (Å²) in [6.45, 7) is 5.06. The maximum absolute atomic E-state index is 13.2. The van der Waals surface area contributed by atoms with E-state index in [0.29, 0.717) is 17.9 Å². The molecule has 4 aromatic heterocycles. The number of halogens is 3. The van der Waals surface area contributed by atoms with Crippen LogP contribution in [0, 0.1) is 6.92 Å². The maximum Gasteiger partial charge on any atom is 0.422 e. The third kappa shape index (κ3) is 4.23. The Bertz CT molecular complexity index is 1360. The predicted octanol–water partition coefficient (Wildman–Crippen LogP) is 2.75. The van der Waals surface area contributed by atoms with Crippen LogP contribution in [0.5, 0.6) is 0 Å². The summed E-state index contributed by atoms with van der Waals surface area (Å²) in [4.78, 5) is 30.5. The standard InChI is InChI=1S/C22H21F3N8O/c1-13-18(22(23,24)25)21(34)30-17-8-14(9-27-19(13)17)11-32-4-6-33(7-5-32)15-2-3-16(26-10-15)20-28-12-29-31-20/h2-3,8-10,12H,4-7,11H2,1H3,(H,30,34)(H,28,29,31). The predicted molar refractivity (Wildman–Crippen MR) is 119 cm³/mol. The van der Waals surface area contributed by atoms with Crippen LogP contribution in [0.15, 0.2) is 41.7 Å². The molecule has 4 aromatic rings. The number of alkyl halides is 3. The quantitative estimate of drug-likeness (QED) is 0.472. The van der Waals surface area contributed by atoms with E-state index in [9.17, 15) is 18.0 Å². The Balaban J connectivity index is 1.25. The van der Waals surface area contributed by atoms with Crippen LogP contribution >= 0.6 is 0 Å². The number of rotatable bonds is 4. The molecule has 1 aliphatic heterocycles. The topological polar surface area (TPSA) is 107 Å². The summed E-state index contributed by atoms with van der Waals surface area (Å²) in [5, 5.41) is 7.72. The minimum Gasteiger partial charge on any atom is -0.368 e. The van der Waals surface area contributed by atoms with Crippen molar-refractivity contribution in [3.8, 4) is 11.5 Å². The van der Waals surface area contributed by atoms with E-state index in [-0.39, 0.29) is 11.1 Å². The highest BCUT2D eigenvalue weighted by molar-refractivity contribution is 5.79. The van der Waals surface area contributed by atoms with Gasteiger partial charge in [0.1, 0.15) is 17.6 Å². The van der Waals surface area contributed by atoms with E-state index in [2.05, 4.69) is 39.9 Å². The molecule has 9 nitrogen and oxygen atoms in total. The van der Waals surface area contributed by atoms with Crippen molar-refractivity contribution in [1.82, 2.24) is 35.0 Å². The van der Waals surface area contributed by atoms with Gasteiger partial charge in [-0.25, -0.2) is 0 Å². The lowest BCUT2D eigenvalue weighted by Gasteiger charge is -2.36. The zero-order valence-corrected chi connectivity index (χ0v) is 18.2. The van der Waals surface area contributed by atoms with Crippen LogP contribution in [0.3, 0.4) is 0 Å². The molecule has 5 rings (SSSR count). The van der Waals surface area contributed by atoms with Gasteiger partial charge in [-0.15, -0.1) is 10.2 Å². The smallest absolute Gasteiger partial charge is 0.368 e. The van der Waals surface area contributed by atoms with Crippen molar-refractivity contribution in [2.24, 2.45) is 0 Å². The van der Waals surface area contributed by atoms with Crippen LogP contribution in [0.25, 0.3) is 22.6 Å². The molecule has 12 heteroatoms. The summed E-state index contributed by atoms with van der Waals surface area (Å²) in [6.07, 6.45) is 0.173. The highest BCUT2D eigenvalue weighted by Crippen LogP contribution is 2.31. The minimum atomic E-state index is -4.72. The number of aromatic nitrogens is 6. The first kappa shape index (κ1) is 22.0. The Hall–Kier alpha value is -3.80. The van der Waals surface area contributed by atoms with E-state index in [1.165, 1.54) is 13.3 Å². The molecule has 1 fully saturated rings. The lowest BCUT2D eigenvalue weighted by molar-refractivity contribution is -0.139. The lowest BCUT2D eigenvalue weighted by Crippen LogP contribution is -2.46. The Morgan fingerprint density at radius 3 is 2.53 bits per heavy atom. The van der Waals surface area contributed by atoms with E-state index in [1.807, 2.05) is 18.3 Å². The average molecular weight is 470 g/mol. The van der Waals surface area contributed by atoms with Crippen LogP contribution in [0.4, 0.5) is 18.9 Å². The van der Waals surface area contributed by atoms with Crippen molar-refractivity contribution in [3.63, 3.8) is 0 Å². The Morgan fingerprint density at radius 1 is 1.09 bits per heavy atom.